The predicted octanol–water partition coefficient (Wildman–Crippen LogP) is 3.54. The van der Waals surface area contributed by atoms with E-state index in [4.69, 9.17) is 5.10 Å². The molecule has 164 valence electrons. The molecule has 5 aromatic rings. The minimum absolute atomic E-state index is 0.0778. The van der Waals surface area contributed by atoms with Crippen LogP contribution in [-0.4, -0.2) is 35.5 Å². The van der Waals surface area contributed by atoms with Gasteiger partial charge in [-0.05, 0) is 23.6 Å². The van der Waals surface area contributed by atoms with Crippen LogP contribution in [0.1, 0.15) is 24.2 Å². The average Bonchev–Trinajstić information content (AvgIpc) is 3.23. The Hall–Kier alpha value is -4.33. The summed E-state index contributed by atoms with van der Waals surface area (Å²) in [5.74, 6) is -1.09. The molecule has 0 spiro atoms. The summed E-state index contributed by atoms with van der Waals surface area (Å²) in [5, 5.41) is 23.1. The second-order valence-corrected chi connectivity index (χ2v) is 7.78. The summed E-state index contributed by atoms with van der Waals surface area (Å²) in [6.07, 6.45) is 2.37. The first-order valence-electron chi connectivity index (χ1n) is 10.7. The summed E-state index contributed by atoms with van der Waals surface area (Å²) in [6, 6.07) is 19.7. The molecule has 2 aromatic carbocycles. The van der Waals surface area contributed by atoms with Gasteiger partial charge in [0, 0.05) is 12.6 Å². The second kappa shape index (κ2) is 8.31. The summed E-state index contributed by atoms with van der Waals surface area (Å²) in [7, 11) is 0. The smallest absolute Gasteiger partial charge is 0.327 e. The average molecular weight is 439 g/mol. The van der Waals surface area contributed by atoms with Crippen molar-refractivity contribution in [2.75, 3.05) is 0 Å². The van der Waals surface area contributed by atoms with Crippen LogP contribution in [0.25, 0.3) is 27.8 Å². The van der Waals surface area contributed by atoms with Gasteiger partial charge in [-0.3, -0.25) is 9.36 Å². The van der Waals surface area contributed by atoms with Crippen LogP contribution in [-0.2, 0) is 17.6 Å². The van der Waals surface area contributed by atoms with Crippen LogP contribution in [0.4, 0.5) is 0 Å². The molecule has 8 nitrogen and oxygen atoms in total. The van der Waals surface area contributed by atoms with E-state index in [9.17, 15) is 14.7 Å². The van der Waals surface area contributed by atoms with Gasteiger partial charge in [0.1, 0.15) is 11.6 Å². The molecule has 0 saturated carbocycles. The zero-order valence-electron chi connectivity index (χ0n) is 17.9. The van der Waals surface area contributed by atoms with Crippen LogP contribution >= 0.6 is 0 Å². The van der Waals surface area contributed by atoms with E-state index in [1.807, 2.05) is 67.6 Å². The molecule has 0 bridgehead atoms. The Morgan fingerprint density at radius 2 is 1.70 bits per heavy atom. The third kappa shape index (κ3) is 3.55. The number of aromatic nitrogens is 5. The molecule has 8 heteroatoms. The highest BCUT2D eigenvalue weighted by atomic mass is 16.4. The summed E-state index contributed by atoms with van der Waals surface area (Å²) < 4.78 is 2.84. The quantitative estimate of drug-likeness (QED) is 0.434. The third-order valence-corrected chi connectivity index (χ3v) is 5.77. The highest BCUT2D eigenvalue weighted by molar-refractivity contribution is 5.84. The van der Waals surface area contributed by atoms with Gasteiger partial charge in [-0.1, -0.05) is 67.6 Å². The van der Waals surface area contributed by atoms with Gasteiger partial charge in [0.15, 0.2) is 11.2 Å². The van der Waals surface area contributed by atoms with Gasteiger partial charge in [-0.25, -0.2) is 9.31 Å². The lowest BCUT2D eigenvalue weighted by Gasteiger charge is -2.16. The van der Waals surface area contributed by atoms with Gasteiger partial charge < -0.3 is 5.11 Å². The molecular formula is C25H21N5O3. The lowest BCUT2D eigenvalue weighted by molar-refractivity contribution is -0.141. The number of carboxylic acids is 1. The van der Waals surface area contributed by atoms with Crippen molar-refractivity contribution >= 4 is 22.6 Å². The van der Waals surface area contributed by atoms with E-state index in [0.717, 1.165) is 22.4 Å². The number of aliphatic carboxylic acids is 1. The Kier molecular flexibility index (Phi) is 5.18. The molecule has 0 aliphatic carbocycles. The number of hydrogen-bond acceptors (Lipinski definition) is 5. The SMILES string of the molecule is CCc1nn2c(nnc3c(=O)n([C@@H](Cc4ccccc4)C(=O)O)ccc32)c1-c1ccccc1. The predicted molar refractivity (Wildman–Crippen MR) is 124 cm³/mol. The minimum atomic E-state index is -1.09. The maximum Gasteiger partial charge on any atom is 0.327 e. The molecule has 5 rings (SSSR count). The standard InChI is InChI=1S/C25H21N5O3/c1-2-18-21(17-11-7-4-8-12-17)23-27-26-22-19(30(23)28-18)13-14-29(24(22)31)20(25(32)33)15-16-9-5-3-6-10-16/h3-14,20H,2,15H2,1H3,(H,32,33)/t20-/m0/s1. The van der Waals surface area contributed by atoms with E-state index < -0.39 is 17.6 Å². The largest absolute Gasteiger partial charge is 0.480 e. The molecule has 0 amide bonds. The number of carbonyl (C=O) groups is 1. The van der Waals surface area contributed by atoms with Gasteiger partial charge in [0.25, 0.3) is 5.56 Å². The van der Waals surface area contributed by atoms with Crippen LogP contribution in [0.3, 0.4) is 0 Å². The zero-order chi connectivity index (χ0) is 22.9. The molecule has 0 saturated heterocycles. The maximum atomic E-state index is 13.3. The summed E-state index contributed by atoms with van der Waals surface area (Å²) in [6.45, 7) is 2.01. The molecule has 0 unspecified atom stereocenters. The number of fused-ring (bicyclic) bond motifs is 3. The molecule has 0 aliphatic heterocycles. The summed E-state index contributed by atoms with van der Waals surface area (Å²) in [5.41, 5.74) is 4.13. The number of benzene rings is 2. The van der Waals surface area contributed by atoms with Crippen LogP contribution in [0.2, 0.25) is 0 Å². The Morgan fingerprint density at radius 1 is 1.00 bits per heavy atom. The lowest BCUT2D eigenvalue weighted by Crippen LogP contribution is -2.31. The van der Waals surface area contributed by atoms with E-state index in [0.29, 0.717) is 17.6 Å². The Bertz CT molecular complexity index is 1520. The van der Waals surface area contributed by atoms with Crippen molar-refractivity contribution in [1.29, 1.82) is 0 Å². The van der Waals surface area contributed by atoms with Crippen LogP contribution in [0, 0.1) is 0 Å². The third-order valence-electron chi connectivity index (χ3n) is 5.77. The molecule has 0 radical (unpaired) electrons. The Labute approximate surface area is 188 Å². The van der Waals surface area contributed by atoms with Crippen molar-refractivity contribution in [3.8, 4) is 11.1 Å². The Balaban J connectivity index is 1.68. The molecule has 3 aromatic heterocycles. The van der Waals surface area contributed by atoms with Crippen LogP contribution in [0.5, 0.6) is 0 Å². The number of pyridine rings is 1. The van der Waals surface area contributed by atoms with Gasteiger partial charge in [0.05, 0.1) is 11.3 Å². The van der Waals surface area contributed by atoms with Gasteiger partial charge in [0.2, 0.25) is 0 Å². The second-order valence-electron chi connectivity index (χ2n) is 7.78. The monoisotopic (exact) mass is 439 g/mol. The van der Waals surface area contributed by atoms with Crippen molar-refractivity contribution in [2.24, 2.45) is 0 Å². The molecule has 0 fully saturated rings. The van der Waals surface area contributed by atoms with Crippen LogP contribution in [0.15, 0.2) is 77.7 Å². The first kappa shape index (κ1) is 20.6. The fourth-order valence-corrected chi connectivity index (χ4v) is 4.14. The molecular weight excluding hydrogens is 418 g/mol. The van der Waals surface area contributed by atoms with Crippen molar-refractivity contribution in [3.63, 3.8) is 0 Å². The van der Waals surface area contributed by atoms with Crippen molar-refractivity contribution in [3.05, 3.63) is 94.5 Å². The molecule has 1 N–H and O–H groups in total. The molecule has 0 aliphatic rings. The summed E-state index contributed by atoms with van der Waals surface area (Å²) >= 11 is 0. The topological polar surface area (TPSA) is 102 Å². The fourth-order valence-electron chi connectivity index (χ4n) is 4.14. The van der Waals surface area contributed by atoms with Crippen molar-refractivity contribution in [2.45, 2.75) is 25.8 Å². The number of aryl methyl sites for hydroxylation is 1. The molecule has 1 atom stereocenters. The van der Waals surface area contributed by atoms with E-state index in [1.54, 1.807) is 10.6 Å². The molecule has 33 heavy (non-hydrogen) atoms. The van der Waals surface area contributed by atoms with E-state index >= 15 is 0 Å². The van der Waals surface area contributed by atoms with E-state index in [2.05, 4.69) is 10.2 Å². The van der Waals surface area contributed by atoms with Crippen LogP contribution < -0.4 is 5.56 Å². The number of nitrogens with zero attached hydrogens (tertiary/aromatic N) is 5. The molecule has 3 heterocycles. The van der Waals surface area contributed by atoms with Crippen molar-refractivity contribution < 1.29 is 9.90 Å². The van der Waals surface area contributed by atoms with Gasteiger partial charge >= 0.3 is 5.97 Å². The maximum absolute atomic E-state index is 13.3. The van der Waals surface area contributed by atoms with E-state index in [-0.39, 0.29) is 11.9 Å². The number of carboxylic acid groups (broad SMARTS) is 1. The minimum Gasteiger partial charge on any atom is -0.480 e. The first-order valence-corrected chi connectivity index (χ1v) is 10.7. The Morgan fingerprint density at radius 3 is 2.36 bits per heavy atom. The van der Waals surface area contributed by atoms with E-state index in [1.165, 1.54) is 10.8 Å². The van der Waals surface area contributed by atoms with Gasteiger partial charge in [-0.2, -0.15) is 5.10 Å². The highest BCUT2D eigenvalue weighted by Gasteiger charge is 2.24. The first-order chi connectivity index (χ1) is 16.1. The van der Waals surface area contributed by atoms with Crippen molar-refractivity contribution in [1.82, 2.24) is 24.4 Å². The lowest BCUT2D eigenvalue weighted by atomic mass is 10.0. The van der Waals surface area contributed by atoms with Gasteiger partial charge in [-0.15, -0.1) is 10.2 Å². The zero-order valence-corrected chi connectivity index (χ0v) is 17.9. The number of rotatable bonds is 6. The number of hydrogen-bond donors (Lipinski definition) is 1. The fraction of sp³-hybridized carbons (Fsp3) is 0.160. The normalized spacial score (nSPS) is 12.3. The summed E-state index contributed by atoms with van der Waals surface area (Å²) in [4.78, 5) is 25.3. The highest BCUT2D eigenvalue weighted by Crippen LogP contribution is 2.28.